The highest BCUT2D eigenvalue weighted by Gasteiger charge is 2.40. The lowest BCUT2D eigenvalue weighted by Crippen LogP contribution is -2.49. The molecule has 34 heavy (non-hydrogen) atoms. The molecule has 2 amide bonds. The molecule has 0 aromatic heterocycles. The Bertz CT molecular complexity index is 995. The molecule has 2 aromatic rings. The van der Waals surface area contributed by atoms with E-state index in [1.54, 1.807) is 24.0 Å². The zero-order valence-electron chi connectivity index (χ0n) is 20.4. The van der Waals surface area contributed by atoms with E-state index in [1.165, 1.54) is 31.7 Å². The molecule has 2 aromatic carbocycles. The number of hydrogen-bond donors (Lipinski definition) is 2. The molecule has 2 N–H and O–H groups in total. The normalized spacial score (nSPS) is 21.0. The molecule has 5 nitrogen and oxygen atoms in total. The summed E-state index contributed by atoms with van der Waals surface area (Å²) in [5.74, 6) is -1.32. The van der Waals surface area contributed by atoms with Crippen LogP contribution in [0, 0.1) is 18.7 Å². The lowest BCUT2D eigenvalue weighted by atomic mass is 9.83. The summed E-state index contributed by atoms with van der Waals surface area (Å²) in [6.45, 7) is 6.11. The highest BCUT2D eigenvalue weighted by Crippen LogP contribution is 2.38. The fourth-order valence-electron chi connectivity index (χ4n) is 5.43. The van der Waals surface area contributed by atoms with Gasteiger partial charge in [0.05, 0.1) is 17.5 Å². The van der Waals surface area contributed by atoms with Gasteiger partial charge in [-0.15, -0.1) is 0 Å². The molecule has 1 heterocycles. The van der Waals surface area contributed by atoms with E-state index in [0.29, 0.717) is 31.0 Å². The summed E-state index contributed by atoms with van der Waals surface area (Å²) in [7, 11) is 0. The van der Waals surface area contributed by atoms with E-state index in [2.05, 4.69) is 10.6 Å². The molecule has 1 saturated carbocycles. The van der Waals surface area contributed by atoms with Crippen molar-refractivity contribution in [2.75, 3.05) is 11.9 Å². The molecule has 1 saturated heterocycles. The second-order valence-electron chi connectivity index (χ2n) is 10.0. The minimum Gasteiger partial charge on any atom is -0.382 e. The van der Waals surface area contributed by atoms with Crippen LogP contribution in [0.2, 0.25) is 0 Å². The van der Waals surface area contributed by atoms with Gasteiger partial charge in [-0.05, 0) is 75.8 Å². The van der Waals surface area contributed by atoms with Gasteiger partial charge in [0, 0.05) is 24.3 Å². The van der Waals surface area contributed by atoms with E-state index < -0.39 is 11.9 Å². The number of hydrogen-bond acceptors (Lipinski definition) is 3. The maximum Gasteiger partial charge on any atom is 0.257 e. The number of rotatable bonds is 6. The zero-order valence-corrected chi connectivity index (χ0v) is 20.4. The van der Waals surface area contributed by atoms with Crippen LogP contribution in [0.15, 0.2) is 42.5 Å². The molecule has 2 fully saturated rings. The van der Waals surface area contributed by atoms with Gasteiger partial charge in [0.1, 0.15) is 5.82 Å². The van der Waals surface area contributed by atoms with Gasteiger partial charge in [-0.3, -0.25) is 9.59 Å². The van der Waals surface area contributed by atoms with Crippen molar-refractivity contribution in [1.82, 2.24) is 10.2 Å². The van der Waals surface area contributed by atoms with E-state index in [-0.39, 0.29) is 29.3 Å². The lowest BCUT2D eigenvalue weighted by molar-refractivity contribution is -0.128. The number of nitrogens with one attached hydrogen (secondary N) is 2. The van der Waals surface area contributed by atoms with Gasteiger partial charge < -0.3 is 15.5 Å². The van der Waals surface area contributed by atoms with Crippen LogP contribution < -0.4 is 10.6 Å². The Morgan fingerprint density at radius 2 is 1.71 bits per heavy atom. The van der Waals surface area contributed by atoms with Crippen molar-refractivity contribution >= 4 is 17.5 Å². The first-order valence-electron chi connectivity index (χ1n) is 12.6. The third-order valence-electron chi connectivity index (χ3n) is 7.07. The summed E-state index contributed by atoms with van der Waals surface area (Å²) in [6.07, 6.45) is 6.28. The number of benzene rings is 2. The Morgan fingerprint density at radius 1 is 1.00 bits per heavy atom. The topological polar surface area (TPSA) is 61.4 Å². The number of likely N-dealkylation sites (tertiary alicyclic amines) is 1. The predicted molar refractivity (Wildman–Crippen MR) is 133 cm³/mol. The Hall–Kier alpha value is -2.89. The van der Waals surface area contributed by atoms with Crippen LogP contribution in [0.25, 0.3) is 0 Å². The standard InChI is InChI=1S/C28H36FN3O2/c1-18(2)30-27(33)23-11-7-17-32(28(34)25-19(3)8-6-12-24(25)29)26(23)20-13-15-22(16-14-20)31-21-9-4-5-10-21/h6,8,12-16,18,21,23,26,31H,4-5,7,9-11,17H2,1-3H3,(H,30,33)/t23-,26-/m0/s1. The van der Waals surface area contributed by atoms with E-state index in [4.69, 9.17) is 0 Å². The second kappa shape index (κ2) is 10.6. The monoisotopic (exact) mass is 465 g/mol. The molecule has 2 aliphatic rings. The van der Waals surface area contributed by atoms with Gasteiger partial charge in [0.25, 0.3) is 5.91 Å². The summed E-state index contributed by atoms with van der Waals surface area (Å²) in [5, 5.41) is 6.63. The summed E-state index contributed by atoms with van der Waals surface area (Å²) < 4.78 is 14.7. The van der Waals surface area contributed by atoms with Crippen molar-refractivity contribution in [3.05, 3.63) is 65.0 Å². The van der Waals surface area contributed by atoms with E-state index in [0.717, 1.165) is 11.3 Å². The average molecular weight is 466 g/mol. The quantitative estimate of drug-likeness (QED) is 0.583. The summed E-state index contributed by atoms with van der Waals surface area (Å²) in [5.41, 5.74) is 2.66. The van der Waals surface area contributed by atoms with E-state index in [9.17, 15) is 14.0 Å². The highest BCUT2D eigenvalue weighted by atomic mass is 19.1. The zero-order chi connectivity index (χ0) is 24.2. The first kappa shape index (κ1) is 24.2. The Morgan fingerprint density at radius 3 is 2.35 bits per heavy atom. The maximum atomic E-state index is 14.7. The van der Waals surface area contributed by atoms with Crippen molar-refractivity contribution in [2.24, 2.45) is 5.92 Å². The Kier molecular flexibility index (Phi) is 7.54. The fraction of sp³-hybridized carbons (Fsp3) is 0.500. The maximum absolute atomic E-state index is 14.7. The summed E-state index contributed by atoms with van der Waals surface area (Å²) >= 11 is 0. The van der Waals surface area contributed by atoms with Gasteiger partial charge in [-0.1, -0.05) is 37.1 Å². The molecule has 0 radical (unpaired) electrons. The molecule has 2 atom stereocenters. The first-order valence-corrected chi connectivity index (χ1v) is 12.6. The van der Waals surface area contributed by atoms with Crippen molar-refractivity contribution < 1.29 is 14.0 Å². The lowest BCUT2D eigenvalue weighted by Gasteiger charge is -2.41. The molecule has 0 unspecified atom stereocenters. The number of anilines is 1. The van der Waals surface area contributed by atoms with Crippen LogP contribution in [-0.4, -0.2) is 35.3 Å². The molecule has 1 aliphatic carbocycles. The van der Waals surface area contributed by atoms with Crippen LogP contribution in [0.4, 0.5) is 10.1 Å². The van der Waals surface area contributed by atoms with Crippen molar-refractivity contribution in [3.8, 4) is 0 Å². The average Bonchev–Trinajstić information content (AvgIpc) is 3.31. The second-order valence-corrected chi connectivity index (χ2v) is 10.0. The van der Waals surface area contributed by atoms with Crippen molar-refractivity contribution in [1.29, 1.82) is 0 Å². The van der Waals surface area contributed by atoms with E-state index in [1.807, 2.05) is 38.1 Å². The first-order chi connectivity index (χ1) is 16.3. The largest absolute Gasteiger partial charge is 0.382 e. The predicted octanol–water partition coefficient (Wildman–Crippen LogP) is 5.61. The third-order valence-corrected chi connectivity index (χ3v) is 7.07. The fourth-order valence-corrected chi connectivity index (χ4v) is 5.43. The van der Waals surface area contributed by atoms with E-state index >= 15 is 0 Å². The molecule has 0 bridgehead atoms. The van der Waals surface area contributed by atoms with Gasteiger partial charge in [0.2, 0.25) is 5.91 Å². The SMILES string of the molecule is Cc1cccc(F)c1C(=O)N1CCC[C@H](C(=O)NC(C)C)[C@@H]1c1ccc(NC2CCCC2)cc1. The van der Waals surface area contributed by atoms with Gasteiger partial charge in [-0.25, -0.2) is 4.39 Å². The number of aryl methyl sites for hydroxylation is 1. The molecule has 4 rings (SSSR count). The van der Waals surface area contributed by atoms with Crippen LogP contribution in [0.5, 0.6) is 0 Å². The number of carbonyl (C=O) groups excluding carboxylic acids is 2. The number of piperidine rings is 1. The van der Waals surface area contributed by atoms with Crippen LogP contribution in [-0.2, 0) is 4.79 Å². The minimum atomic E-state index is -0.520. The summed E-state index contributed by atoms with van der Waals surface area (Å²) in [4.78, 5) is 28.6. The Labute approximate surface area is 202 Å². The smallest absolute Gasteiger partial charge is 0.257 e. The molecular formula is C28H36FN3O2. The van der Waals surface area contributed by atoms with Crippen LogP contribution in [0.3, 0.4) is 0 Å². The van der Waals surface area contributed by atoms with Crippen molar-refractivity contribution in [3.63, 3.8) is 0 Å². The Balaban J connectivity index is 1.67. The minimum absolute atomic E-state index is 0.00558. The number of carbonyl (C=O) groups is 2. The number of amides is 2. The molecule has 0 spiro atoms. The van der Waals surface area contributed by atoms with Crippen molar-refractivity contribution in [2.45, 2.75) is 77.4 Å². The van der Waals surface area contributed by atoms with Gasteiger partial charge in [0.15, 0.2) is 0 Å². The van der Waals surface area contributed by atoms with Crippen LogP contribution >= 0.6 is 0 Å². The molecular weight excluding hydrogens is 429 g/mol. The molecule has 1 aliphatic heterocycles. The van der Waals surface area contributed by atoms with Gasteiger partial charge >= 0.3 is 0 Å². The number of nitrogens with zero attached hydrogens (tertiary/aromatic N) is 1. The molecule has 182 valence electrons. The number of halogens is 1. The third kappa shape index (κ3) is 5.26. The van der Waals surface area contributed by atoms with Crippen LogP contribution in [0.1, 0.15) is 79.9 Å². The molecule has 6 heteroatoms. The summed E-state index contributed by atoms with van der Waals surface area (Å²) in [6, 6.07) is 12.9. The highest BCUT2D eigenvalue weighted by molar-refractivity contribution is 5.96. The van der Waals surface area contributed by atoms with Gasteiger partial charge in [-0.2, -0.15) is 0 Å².